The van der Waals surface area contributed by atoms with Crippen molar-refractivity contribution in [1.82, 2.24) is 5.43 Å². The maximum Gasteiger partial charge on any atom is 0.343 e. The number of amides is 1. The SMILES string of the molecule is COc1cc(/C=N\NC(=O)c2ccc(Cl)cc2)ccc1OC(=O)c1ccc([N+](=O)[O-])cc1. The highest BCUT2D eigenvalue weighted by atomic mass is 35.5. The van der Waals surface area contributed by atoms with Gasteiger partial charge in [-0.2, -0.15) is 5.10 Å². The minimum absolute atomic E-state index is 0.133. The monoisotopic (exact) mass is 453 g/mol. The molecule has 0 radical (unpaired) electrons. The first-order chi connectivity index (χ1) is 15.4. The van der Waals surface area contributed by atoms with Crippen LogP contribution in [0.4, 0.5) is 5.69 Å². The average molecular weight is 454 g/mol. The van der Waals surface area contributed by atoms with Crippen LogP contribution < -0.4 is 14.9 Å². The Balaban J connectivity index is 1.66. The van der Waals surface area contributed by atoms with Crippen LogP contribution in [0.2, 0.25) is 5.02 Å². The van der Waals surface area contributed by atoms with E-state index in [1.807, 2.05) is 0 Å². The van der Waals surface area contributed by atoms with Crippen LogP contribution >= 0.6 is 11.6 Å². The summed E-state index contributed by atoms with van der Waals surface area (Å²) in [5.41, 5.74) is 3.39. The van der Waals surface area contributed by atoms with Gasteiger partial charge in [-0.15, -0.1) is 0 Å². The van der Waals surface area contributed by atoms with E-state index in [4.69, 9.17) is 21.1 Å². The van der Waals surface area contributed by atoms with Crippen LogP contribution in [0.3, 0.4) is 0 Å². The molecule has 0 unspecified atom stereocenters. The number of hydrogen-bond acceptors (Lipinski definition) is 7. The highest BCUT2D eigenvalue weighted by Crippen LogP contribution is 2.28. The van der Waals surface area contributed by atoms with E-state index in [1.54, 1.807) is 36.4 Å². The van der Waals surface area contributed by atoms with Crippen molar-refractivity contribution < 1.29 is 24.0 Å². The van der Waals surface area contributed by atoms with Crippen LogP contribution in [0.5, 0.6) is 11.5 Å². The van der Waals surface area contributed by atoms with Crippen molar-refractivity contribution in [1.29, 1.82) is 0 Å². The number of esters is 1. The summed E-state index contributed by atoms with van der Waals surface area (Å²) in [6.07, 6.45) is 1.40. The van der Waals surface area contributed by atoms with E-state index in [2.05, 4.69) is 10.5 Å². The number of methoxy groups -OCH3 is 1. The zero-order valence-corrected chi connectivity index (χ0v) is 17.4. The molecular weight excluding hydrogens is 438 g/mol. The number of hydrazone groups is 1. The molecule has 0 saturated carbocycles. The summed E-state index contributed by atoms with van der Waals surface area (Å²) >= 11 is 5.80. The number of carbonyl (C=O) groups excluding carboxylic acids is 2. The molecule has 3 rings (SSSR count). The molecular formula is C22H16ClN3O6. The Hall–Kier alpha value is -4.24. The molecule has 0 spiro atoms. The van der Waals surface area contributed by atoms with Crippen molar-refractivity contribution in [3.63, 3.8) is 0 Å². The lowest BCUT2D eigenvalue weighted by Gasteiger charge is -2.10. The van der Waals surface area contributed by atoms with Gasteiger partial charge in [0.2, 0.25) is 0 Å². The number of carbonyl (C=O) groups is 2. The van der Waals surface area contributed by atoms with E-state index < -0.39 is 16.8 Å². The van der Waals surface area contributed by atoms with Gasteiger partial charge in [-0.3, -0.25) is 14.9 Å². The van der Waals surface area contributed by atoms with E-state index in [9.17, 15) is 19.7 Å². The highest BCUT2D eigenvalue weighted by molar-refractivity contribution is 6.30. The van der Waals surface area contributed by atoms with E-state index in [-0.39, 0.29) is 22.7 Å². The number of rotatable bonds is 7. The van der Waals surface area contributed by atoms with Gasteiger partial charge < -0.3 is 9.47 Å². The van der Waals surface area contributed by atoms with E-state index in [0.717, 1.165) is 0 Å². The average Bonchev–Trinajstić information content (AvgIpc) is 2.80. The molecule has 0 aliphatic rings. The molecule has 0 aromatic heterocycles. The van der Waals surface area contributed by atoms with E-state index >= 15 is 0 Å². The van der Waals surface area contributed by atoms with Gasteiger partial charge in [0.25, 0.3) is 11.6 Å². The Bertz CT molecular complexity index is 1180. The molecule has 3 aromatic carbocycles. The topological polar surface area (TPSA) is 120 Å². The predicted molar refractivity (Wildman–Crippen MR) is 118 cm³/mol. The van der Waals surface area contributed by atoms with Crippen molar-refractivity contribution in [2.45, 2.75) is 0 Å². The lowest BCUT2D eigenvalue weighted by Crippen LogP contribution is -2.17. The fraction of sp³-hybridized carbons (Fsp3) is 0.0455. The summed E-state index contributed by atoms with van der Waals surface area (Å²) in [7, 11) is 1.40. The number of benzene rings is 3. The fourth-order valence-corrected chi connectivity index (χ4v) is 2.68. The zero-order valence-electron chi connectivity index (χ0n) is 16.7. The minimum Gasteiger partial charge on any atom is -0.493 e. The Morgan fingerprint density at radius 3 is 2.28 bits per heavy atom. The Morgan fingerprint density at radius 1 is 1.00 bits per heavy atom. The largest absolute Gasteiger partial charge is 0.493 e. The highest BCUT2D eigenvalue weighted by Gasteiger charge is 2.14. The molecule has 10 heteroatoms. The first-order valence-corrected chi connectivity index (χ1v) is 9.49. The lowest BCUT2D eigenvalue weighted by molar-refractivity contribution is -0.384. The Kier molecular flexibility index (Phi) is 7.14. The summed E-state index contributed by atoms with van der Waals surface area (Å²) in [5.74, 6) is -0.695. The van der Waals surface area contributed by atoms with Crippen molar-refractivity contribution in [3.8, 4) is 11.5 Å². The number of halogens is 1. The number of nitrogens with one attached hydrogen (secondary N) is 1. The van der Waals surface area contributed by atoms with Gasteiger partial charge in [0.15, 0.2) is 11.5 Å². The number of nitro benzene ring substituents is 1. The molecule has 1 N–H and O–H groups in total. The smallest absolute Gasteiger partial charge is 0.343 e. The summed E-state index contributed by atoms with van der Waals surface area (Å²) in [4.78, 5) is 34.5. The number of hydrogen-bond donors (Lipinski definition) is 1. The van der Waals surface area contributed by atoms with E-state index in [0.29, 0.717) is 16.1 Å². The Labute approximate surface area is 187 Å². The van der Waals surface area contributed by atoms with Gasteiger partial charge in [-0.05, 0) is 60.2 Å². The van der Waals surface area contributed by atoms with Crippen LogP contribution in [-0.4, -0.2) is 30.1 Å². The normalized spacial score (nSPS) is 10.6. The van der Waals surface area contributed by atoms with Crippen LogP contribution in [0, 0.1) is 10.1 Å². The standard InChI is InChI=1S/C22H16ClN3O6/c1-31-20-12-14(13-24-25-21(27)15-3-7-17(23)8-4-15)2-11-19(20)32-22(28)16-5-9-18(10-6-16)26(29)30/h2-13H,1H3,(H,25,27)/b24-13-. The van der Waals surface area contributed by atoms with E-state index in [1.165, 1.54) is 43.7 Å². The van der Waals surface area contributed by atoms with Gasteiger partial charge in [0.1, 0.15) is 0 Å². The van der Waals surface area contributed by atoms with Gasteiger partial charge in [0, 0.05) is 22.7 Å². The molecule has 0 atom stereocenters. The van der Waals surface area contributed by atoms with Crippen LogP contribution in [-0.2, 0) is 0 Å². The van der Waals surface area contributed by atoms with Crippen molar-refractivity contribution >= 4 is 35.4 Å². The number of nitrogens with zero attached hydrogens (tertiary/aromatic N) is 2. The molecule has 9 nitrogen and oxygen atoms in total. The molecule has 0 bridgehead atoms. The predicted octanol–water partition coefficient (Wildman–Crippen LogP) is 4.24. The van der Waals surface area contributed by atoms with Crippen molar-refractivity contribution in [3.05, 3.63) is 98.6 Å². The quantitative estimate of drug-likeness (QED) is 0.188. The molecule has 0 saturated heterocycles. The second-order valence-electron chi connectivity index (χ2n) is 6.31. The number of ether oxygens (including phenoxy) is 2. The van der Waals surface area contributed by atoms with Crippen LogP contribution in [0.1, 0.15) is 26.3 Å². The van der Waals surface area contributed by atoms with Crippen molar-refractivity contribution in [2.24, 2.45) is 5.10 Å². The first kappa shape index (κ1) is 22.4. The second-order valence-corrected chi connectivity index (χ2v) is 6.75. The molecule has 3 aromatic rings. The number of nitro groups is 1. The van der Waals surface area contributed by atoms with Gasteiger partial charge in [0.05, 0.1) is 23.8 Å². The Morgan fingerprint density at radius 2 is 1.66 bits per heavy atom. The zero-order chi connectivity index (χ0) is 23.1. The summed E-state index contributed by atoms with van der Waals surface area (Å²) in [6, 6.07) is 16.1. The molecule has 32 heavy (non-hydrogen) atoms. The van der Waals surface area contributed by atoms with Crippen molar-refractivity contribution in [2.75, 3.05) is 7.11 Å². The first-order valence-electron chi connectivity index (χ1n) is 9.11. The number of non-ortho nitro benzene ring substituents is 1. The molecule has 0 fully saturated rings. The molecule has 0 aliphatic heterocycles. The molecule has 1 amide bonds. The minimum atomic E-state index is -0.699. The third-order valence-electron chi connectivity index (χ3n) is 4.19. The van der Waals surface area contributed by atoms with Gasteiger partial charge in [-0.1, -0.05) is 11.6 Å². The third kappa shape index (κ3) is 5.67. The maximum atomic E-state index is 12.3. The van der Waals surface area contributed by atoms with Gasteiger partial charge >= 0.3 is 5.97 Å². The summed E-state index contributed by atoms with van der Waals surface area (Å²) < 4.78 is 10.6. The molecule has 0 aliphatic carbocycles. The summed E-state index contributed by atoms with van der Waals surface area (Å²) in [5, 5.41) is 15.1. The fourth-order valence-electron chi connectivity index (χ4n) is 2.56. The second kappa shape index (κ2) is 10.2. The van der Waals surface area contributed by atoms with Crippen LogP contribution in [0.15, 0.2) is 71.8 Å². The maximum absolute atomic E-state index is 12.3. The molecule has 0 heterocycles. The van der Waals surface area contributed by atoms with Crippen LogP contribution in [0.25, 0.3) is 0 Å². The van der Waals surface area contributed by atoms with Gasteiger partial charge in [-0.25, -0.2) is 10.2 Å². The summed E-state index contributed by atoms with van der Waals surface area (Å²) in [6.45, 7) is 0. The third-order valence-corrected chi connectivity index (χ3v) is 4.44. The molecule has 162 valence electrons. The lowest BCUT2D eigenvalue weighted by atomic mass is 10.2.